The molecule has 0 saturated heterocycles. The molecule has 1 aliphatic heterocycles. The van der Waals surface area contributed by atoms with Gasteiger partial charge in [-0.15, -0.1) is 0 Å². The van der Waals surface area contributed by atoms with Crippen molar-refractivity contribution in [3.63, 3.8) is 0 Å². The molecule has 5 heteroatoms. The van der Waals surface area contributed by atoms with Crippen LogP contribution in [-0.2, 0) is 15.8 Å². The van der Waals surface area contributed by atoms with Crippen LogP contribution in [0.5, 0.6) is 0 Å². The van der Waals surface area contributed by atoms with E-state index >= 15 is 0 Å². The van der Waals surface area contributed by atoms with Crippen molar-refractivity contribution in [2.75, 3.05) is 18.8 Å². The Balaban J connectivity index is 2.07. The zero-order valence-electron chi connectivity index (χ0n) is 10.5. The quantitative estimate of drug-likeness (QED) is 0.667. The van der Waals surface area contributed by atoms with Gasteiger partial charge in [0, 0.05) is 18.8 Å². The van der Waals surface area contributed by atoms with E-state index in [0.717, 1.165) is 12.0 Å². The van der Waals surface area contributed by atoms with Gasteiger partial charge in [0.05, 0.1) is 5.75 Å². The van der Waals surface area contributed by atoms with Crippen molar-refractivity contribution in [3.8, 4) is 0 Å². The molecule has 0 spiro atoms. The van der Waals surface area contributed by atoms with Crippen molar-refractivity contribution in [1.29, 1.82) is 0 Å². The molecule has 0 bridgehead atoms. The van der Waals surface area contributed by atoms with Gasteiger partial charge in [-0.05, 0) is 24.1 Å². The fraction of sp³-hybridized carbons (Fsp3) is 0.385. The molecule has 0 unspecified atom stereocenters. The van der Waals surface area contributed by atoms with E-state index in [4.69, 9.17) is 5.73 Å². The number of anilines is 1. The van der Waals surface area contributed by atoms with Crippen molar-refractivity contribution in [2.24, 2.45) is 0 Å². The summed E-state index contributed by atoms with van der Waals surface area (Å²) in [7, 11) is -3.23. The van der Waals surface area contributed by atoms with Crippen molar-refractivity contribution < 1.29 is 8.42 Å². The summed E-state index contributed by atoms with van der Waals surface area (Å²) in [5.74, 6) is 0.0398. The monoisotopic (exact) mass is 266 g/mol. The summed E-state index contributed by atoms with van der Waals surface area (Å²) in [4.78, 5) is 0. The van der Waals surface area contributed by atoms with Crippen molar-refractivity contribution >= 4 is 15.7 Å². The third-order valence-electron chi connectivity index (χ3n) is 3.14. The van der Waals surface area contributed by atoms with Gasteiger partial charge in [0.15, 0.2) is 0 Å². The van der Waals surface area contributed by atoms with E-state index in [-0.39, 0.29) is 5.75 Å². The van der Waals surface area contributed by atoms with Crippen LogP contribution in [0.2, 0.25) is 0 Å². The highest BCUT2D eigenvalue weighted by atomic mass is 32.2. The Morgan fingerprint density at radius 2 is 1.94 bits per heavy atom. The fourth-order valence-corrected chi connectivity index (χ4v) is 3.43. The number of nitrogens with zero attached hydrogens (tertiary/aromatic N) is 1. The summed E-state index contributed by atoms with van der Waals surface area (Å²) in [5.41, 5.74) is 8.19. The highest BCUT2D eigenvalue weighted by molar-refractivity contribution is 7.88. The number of benzene rings is 1. The van der Waals surface area contributed by atoms with Crippen LogP contribution in [0.1, 0.15) is 18.9 Å². The van der Waals surface area contributed by atoms with Crippen molar-refractivity contribution in [3.05, 3.63) is 41.5 Å². The van der Waals surface area contributed by atoms with Crippen molar-refractivity contribution in [1.82, 2.24) is 4.31 Å². The van der Waals surface area contributed by atoms with Crippen LogP contribution in [0.15, 0.2) is 35.9 Å². The lowest BCUT2D eigenvalue weighted by Crippen LogP contribution is -2.30. The molecule has 98 valence electrons. The number of nitrogens with two attached hydrogens (primary N) is 1. The molecule has 0 amide bonds. The van der Waals surface area contributed by atoms with E-state index in [1.54, 1.807) is 24.3 Å². The summed E-state index contributed by atoms with van der Waals surface area (Å²) in [5, 5.41) is 0. The number of nitrogen functional groups attached to an aromatic ring is 1. The first-order chi connectivity index (χ1) is 8.51. The predicted octanol–water partition coefficient (Wildman–Crippen LogP) is 1.75. The molecule has 18 heavy (non-hydrogen) atoms. The molecule has 2 N–H and O–H groups in total. The van der Waals surface area contributed by atoms with Crippen LogP contribution in [0.25, 0.3) is 0 Å². The minimum absolute atomic E-state index is 0.0398. The third kappa shape index (κ3) is 2.91. The Labute approximate surface area is 108 Å². The number of rotatable bonds is 4. The lowest BCUT2D eigenvalue weighted by Gasteiger charge is -2.16. The first-order valence-corrected chi connectivity index (χ1v) is 7.62. The Kier molecular flexibility index (Phi) is 3.73. The first-order valence-electron chi connectivity index (χ1n) is 6.01. The highest BCUT2D eigenvalue weighted by Crippen LogP contribution is 2.19. The molecule has 0 saturated carbocycles. The van der Waals surface area contributed by atoms with E-state index in [1.165, 1.54) is 9.88 Å². The molecule has 0 aromatic heterocycles. The van der Waals surface area contributed by atoms with Crippen molar-refractivity contribution in [2.45, 2.75) is 19.1 Å². The second-order valence-corrected chi connectivity index (χ2v) is 6.48. The molecular weight excluding hydrogens is 248 g/mol. The van der Waals surface area contributed by atoms with Crippen LogP contribution >= 0.6 is 0 Å². The fourth-order valence-electron chi connectivity index (χ4n) is 1.97. The number of hydrogen-bond acceptors (Lipinski definition) is 3. The summed E-state index contributed by atoms with van der Waals surface area (Å²) in [6.45, 7) is 3.08. The summed E-state index contributed by atoms with van der Waals surface area (Å²) >= 11 is 0. The molecule has 1 aromatic carbocycles. The van der Waals surface area contributed by atoms with Gasteiger partial charge in [-0.1, -0.05) is 30.7 Å². The van der Waals surface area contributed by atoms with Gasteiger partial charge in [-0.25, -0.2) is 8.42 Å². The Hall–Kier alpha value is -1.33. The molecule has 1 aromatic rings. The molecule has 0 fully saturated rings. The average molecular weight is 266 g/mol. The van der Waals surface area contributed by atoms with Gasteiger partial charge in [0.2, 0.25) is 10.0 Å². The molecule has 1 aliphatic rings. The van der Waals surface area contributed by atoms with E-state index in [9.17, 15) is 8.42 Å². The van der Waals surface area contributed by atoms with Crippen LogP contribution in [0.3, 0.4) is 0 Å². The van der Waals surface area contributed by atoms with Gasteiger partial charge >= 0.3 is 0 Å². The summed E-state index contributed by atoms with van der Waals surface area (Å²) in [6.07, 6.45) is 2.91. The van der Waals surface area contributed by atoms with Gasteiger partial charge in [0.25, 0.3) is 0 Å². The van der Waals surface area contributed by atoms with Gasteiger partial charge < -0.3 is 5.73 Å². The average Bonchev–Trinajstić information content (AvgIpc) is 2.81. The van der Waals surface area contributed by atoms with Gasteiger partial charge in [0.1, 0.15) is 0 Å². The molecule has 1 heterocycles. The topological polar surface area (TPSA) is 63.4 Å². The molecule has 0 radical (unpaired) electrons. The Morgan fingerprint density at radius 1 is 1.28 bits per heavy atom. The van der Waals surface area contributed by atoms with Gasteiger partial charge in [-0.3, -0.25) is 0 Å². The van der Waals surface area contributed by atoms with Crippen LogP contribution in [-0.4, -0.2) is 25.8 Å². The third-order valence-corrected chi connectivity index (χ3v) is 4.90. The molecule has 2 rings (SSSR count). The maximum Gasteiger partial charge on any atom is 0.218 e. The predicted molar refractivity (Wildman–Crippen MR) is 73.4 cm³/mol. The summed E-state index contributed by atoms with van der Waals surface area (Å²) in [6, 6.07) is 6.98. The minimum atomic E-state index is -3.23. The van der Waals surface area contributed by atoms with E-state index in [0.29, 0.717) is 18.8 Å². The minimum Gasteiger partial charge on any atom is -0.399 e. The largest absolute Gasteiger partial charge is 0.399 e. The zero-order chi connectivity index (χ0) is 13.2. The first kappa shape index (κ1) is 13.1. The maximum atomic E-state index is 12.2. The van der Waals surface area contributed by atoms with E-state index < -0.39 is 10.0 Å². The standard InChI is InChI=1S/C13H18N2O2S/c1-2-11-7-8-15(9-11)18(16,17)10-12-3-5-13(14)6-4-12/h3-7H,2,8-10,14H2,1H3. The second kappa shape index (κ2) is 5.12. The molecule has 0 atom stereocenters. The molecule has 4 nitrogen and oxygen atoms in total. The lowest BCUT2D eigenvalue weighted by atomic mass is 10.2. The number of sulfonamides is 1. The van der Waals surface area contributed by atoms with E-state index in [2.05, 4.69) is 0 Å². The second-order valence-electron chi connectivity index (χ2n) is 4.51. The van der Waals surface area contributed by atoms with Crippen LogP contribution in [0.4, 0.5) is 5.69 Å². The maximum absolute atomic E-state index is 12.2. The van der Waals surface area contributed by atoms with Crippen LogP contribution < -0.4 is 5.73 Å². The molecular formula is C13H18N2O2S. The Bertz CT molecular complexity index is 547. The highest BCUT2D eigenvalue weighted by Gasteiger charge is 2.25. The van der Waals surface area contributed by atoms with Gasteiger partial charge in [-0.2, -0.15) is 4.31 Å². The lowest BCUT2D eigenvalue weighted by molar-refractivity contribution is 0.482. The van der Waals surface area contributed by atoms with E-state index in [1.807, 2.05) is 13.0 Å². The SMILES string of the molecule is CCC1=CCN(S(=O)(=O)Cc2ccc(N)cc2)C1. The molecule has 0 aliphatic carbocycles. The summed E-state index contributed by atoms with van der Waals surface area (Å²) < 4.78 is 25.9. The Morgan fingerprint density at radius 3 is 2.50 bits per heavy atom. The normalized spacial score (nSPS) is 16.8. The zero-order valence-corrected chi connectivity index (χ0v) is 11.3. The smallest absolute Gasteiger partial charge is 0.218 e. The van der Waals surface area contributed by atoms with Crippen LogP contribution in [0, 0.1) is 0 Å². The number of hydrogen-bond donors (Lipinski definition) is 1.